The monoisotopic (exact) mass is 452 g/mol. The number of likely N-dealkylation sites (N-methyl/N-ethyl adjacent to an activating group) is 1. The first-order chi connectivity index (χ1) is 15.8. The van der Waals surface area contributed by atoms with Crippen molar-refractivity contribution >= 4 is 23.4 Å². The molecule has 1 fully saturated rings. The molecule has 1 atom stereocenters. The summed E-state index contributed by atoms with van der Waals surface area (Å²) in [5, 5.41) is 5.70. The van der Waals surface area contributed by atoms with E-state index in [1.807, 2.05) is 25.8 Å². The SMILES string of the molecule is COc1ccc(C(=O)Nc2ccccc2C(=O)NC(C(=O)N2CCN(C)CC2)C(C)C)cc1. The maximum atomic E-state index is 13.2. The number of nitrogens with one attached hydrogen (secondary N) is 2. The number of amides is 3. The summed E-state index contributed by atoms with van der Waals surface area (Å²) >= 11 is 0. The van der Waals surface area contributed by atoms with Crippen LogP contribution < -0.4 is 15.4 Å². The third-order valence-electron chi connectivity index (χ3n) is 5.81. The first-order valence-electron chi connectivity index (χ1n) is 11.1. The van der Waals surface area contributed by atoms with Crippen molar-refractivity contribution in [1.82, 2.24) is 15.1 Å². The zero-order chi connectivity index (χ0) is 24.0. The largest absolute Gasteiger partial charge is 0.497 e. The second kappa shape index (κ2) is 11.0. The molecule has 1 aliphatic heterocycles. The Balaban J connectivity index is 1.73. The van der Waals surface area contributed by atoms with Crippen LogP contribution in [0.3, 0.4) is 0 Å². The zero-order valence-electron chi connectivity index (χ0n) is 19.6. The highest BCUT2D eigenvalue weighted by atomic mass is 16.5. The average molecular weight is 453 g/mol. The molecule has 0 aromatic heterocycles. The molecule has 3 amide bonds. The minimum absolute atomic E-state index is 0.0776. The molecule has 1 heterocycles. The summed E-state index contributed by atoms with van der Waals surface area (Å²) in [6.45, 7) is 6.73. The number of rotatable bonds is 7. The lowest BCUT2D eigenvalue weighted by Gasteiger charge is -2.35. The highest BCUT2D eigenvalue weighted by Gasteiger charge is 2.31. The van der Waals surface area contributed by atoms with Crippen LogP contribution in [-0.2, 0) is 4.79 Å². The molecule has 176 valence electrons. The number of hydrogen-bond donors (Lipinski definition) is 2. The van der Waals surface area contributed by atoms with Gasteiger partial charge < -0.3 is 25.2 Å². The van der Waals surface area contributed by atoms with Gasteiger partial charge in [-0.25, -0.2) is 0 Å². The van der Waals surface area contributed by atoms with Gasteiger partial charge in [0.25, 0.3) is 11.8 Å². The summed E-state index contributed by atoms with van der Waals surface area (Å²) in [6, 6.07) is 12.8. The summed E-state index contributed by atoms with van der Waals surface area (Å²) in [4.78, 5) is 43.0. The van der Waals surface area contributed by atoms with Crippen LogP contribution in [0.25, 0.3) is 0 Å². The molecule has 3 rings (SSSR count). The number of benzene rings is 2. The molecular formula is C25H32N4O4. The Hall–Kier alpha value is -3.39. The summed E-state index contributed by atoms with van der Waals surface area (Å²) < 4.78 is 5.12. The van der Waals surface area contributed by atoms with Gasteiger partial charge in [-0.15, -0.1) is 0 Å². The average Bonchev–Trinajstić information content (AvgIpc) is 2.82. The van der Waals surface area contributed by atoms with Crippen molar-refractivity contribution in [2.24, 2.45) is 5.92 Å². The minimum atomic E-state index is -0.647. The van der Waals surface area contributed by atoms with Crippen molar-refractivity contribution in [2.45, 2.75) is 19.9 Å². The second-order valence-corrected chi connectivity index (χ2v) is 8.55. The van der Waals surface area contributed by atoms with Gasteiger partial charge in [0.15, 0.2) is 0 Å². The van der Waals surface area contributed by atoms with Crippen LogP contribution >= 0.6 is 0 Å². The Kier molecular flexibility index (Phi) is 8.06. The number of piperazine rings is 1. The summed E-state index contributed by atoms with van der Waals surface area (Å²) in [5.41, 5.74) is 1.12. The molecule has 0 radical (unpaired) electrons. The van der Waals surface area contributed by atoms with Gasteiger partial charge in [0.2, 0.25) is 5.91 Å². The molecule has 8 nitrogen and oxygen atoms in total. The fraction of sp³-hybridized carbons (Fsp3) is 0.400. The van der Waals surface area contributed by atoms with E-state index >= 15 is 0 Å². The standard InChI is InChI=1S/C25H32N4O4/c1-17(2)22(25(32)29-15-13-28(3)14-16-29)27-24(31)20-7-5-6-8-21(20)26-23(30)18-9-11-19(33-4)12-10-18/h5-12,17,22H,13-16H2,1-4H3,(H,26,30)(H,27,31). The van der Waals surface area contributed by atoms with E-state index in [1.165, 1.54) is 0 Å². The first-order valence-corrected chi connectivity index (χ1v) is 11.1. The third kappa shape index (κ3) is 6.10. The van der Waals surface area contributed by atoms with Crippen LogP contribution in [0.5, 0.6) is 5.75 Å². The van der Waals surface area contributed by atoms with Crippen LogP contribution in [0.1, 0.15) is 34.6 Å². The predicted molar refractivity (Wildman–Crippen MR) is 128 cm³/mol. The van der Waals surface area contributed by atoms with Crippen molar-refractivity contribution in [2.75, 3.05) is 45.7 Å². The number of carbonyl (C=O) groups excluding carboxylic acids is 3. The molecule has 1 unspecified atom stereocenters. The second-order valence-electron chi connectivity index (χ2n) is 8.55. The van der Waals surface area contributed by atoms with E-state index in [0.717, 1.165) is 13.1 Å². The lowest BCUT2D eigenvalue weighted by molar-refractivity contribution is -0.135. The quantitative estimate of drug-likeness (QED) is 0.674. The van der Waals surface area contributed by atoms with Crippen LogP contribution in [-0.4, -0.2) is 73.9 Å². The molecule has 8 heteroatoms. The Morgan fingerprint density at radius 3 is 2.15 bits per heavy atom. The Morgan fingerprint density at radius 1 is 0.909 bits per heavy atom. The zero-order valence-corrected chi connectivity index (χ0v) is 19.6. The van der Waals surface area contributed by atoms with E-state index in [-0.39, 0.29) is 17.7 Å². The van der Waals surface area contributed by atoms with E-state index in [0.29, 0.717) is 35.7 Å². The van der Waals surface area contributed by atoms with Gasteiger partial charge >= 0.3 is 0 Å². The minimum Gasteiger partial charge on any atom is -0.497 e. The van der Waals surface area contributed by atoms with Crippen molar-refractivity contribution in [3.63, 3.8) is 0 Å². The van der Waals surface area contributed by atoms with Gasteiger partial charge in [0.05, 0.1) is 18.4 Å². The number of carbonyl (C=O) groups is 3. The Bertz CT molecular complexity index is 982. The van der Waals surface area contributed by atoms with Crippen molar-refractivity contribution in [3.8, 4) is 5.75 Å². The van der Waals surface area contributed by atoms with Gasteiger partial charge in [-0.3, -0.25) is 14.4 Å². The molecule has 0 spiro atoms. The smallest absolute Gasteiger partial charge is 0.255 e. The van der Waals surface area contributed by atoms with Crippen LogP contribution in [0.15, 0.2) is 48.5 Å². The number of para-hydroxylation sites is 1. The summed E-state index contributed by atoms with van der Waals surface area (Å²) in [7, 11) is 3.59. The van der Waals surface area contributed by atoms with Crippen molar-refractivity contribution in [3.05, 3.63) is 59.7 Å². The fourth-order valence-electron chi connectivity index (χ4n) is 3.68. The molecule has 0 aliphatic carbocycles. The third-order valence-corrected chi connectivity index (χ3v) is 5.81. The topological polar surface area (TPSA) is 91.0 Å². The molecule has 0 bridgehead atoms. The summed E-state index contributed by atoms with van der Waals surface area (Å²) in [5.74, 6) is -0.252. The Morgan fingerprint density at radius 2 is 1.55 bits per heavy atom. The van der Waals surface area contributed by atoms with Crippen molar-refractivity contribution < 1.29 is 19.1 Å². The van der Waals surface area contributed by atoms with Crippen LogP contribution in [0.2, 0.25) is 0 Å². The molecular weight excluding hydrogens is 420 g/mol. The number of anilines is 1. The molecule has 2 aromatic rings. The van der Waals surface area contributed by atoms with E-state index in [1.54, 1.807) is 55.6 Å². The number of nitrogens with zero attached hydrogens (tertiary/aromatic N) is 2. The van der Waals surface area contributed by atoms with Gasteiger partial charge in [0.1, 0.15) is 11.8 Å². The molecule has 2 aromatic carbocycles. The van der Waals surface area contributed by atoms with Crippen LogP contribution in [0.4, 0.5) is 5.69 Å². The molecule has 0 saturated carbocycles. The number of ether oxygens (including phenoxy) is 1. The highest BCUT2D eigenvalue weighted by molar-refractivity contribution is 6.09. The highest BCUT2D eigenvalue weighted by Crippen LogP contribution is 2.19. The van der Waals surface area contributed by atoms with Gasteiger partial charge in [-0.05, 0) is 49.4 Å². The lowest BCUT2D eigenvalue weighted by atomic mass is 10.0. The normalized spacial score (nSPS) is 15.1. The van der Waals surface area contributed by atoms with E-state index < -0.39 is 11.9 Å². The first kappa shape index (κ1) is 24.3. The van der Waals surface area contributed by atoms with Crippen LogP contribution in [0, 0.1) is 5.92 Å². The summed E-state index contributed by atoms with van der Waals surface area (Å²) in [6.07, 6.45) is 0. The molecule has 1 saturated heterocycles. The Labute approximate surface area is 194 Å². The van der Waals surface area contributed by atoms with Gasteiger partial charge in [0, 0.05) is 31.7 Å². The fourth-order valence-corrected chi connectivity index (χ4v) is 3.68. The van der Waals surface area contributed by atoms with E-state index in [9.17, 15) is 14.4 Å². The predicted octanol–water partition coefficient (Wildman–Crippen LogP) is 2.48. The number of hydrogen-bond acceptors (Lipinski definition) is 5. The van der Waals surface area contributed by atoms with Crippen molar-refractivity contribution in [1.29, 1.82) is 0 Å². The maximum Gasteiger partial charge on any atom is 0.255 e. The van der Waals surface area contributed by atoms with Gasteiger partial charge in [-0.1, -0.05) is 26.0 Å². The maximum absolute atomic E-state index is 13.2. The van der Waals surface area contributed by atoms with E-state index in [2.05, 4.69) is 15.5 Å². The van der Waals surface area contributed by atoms with Gasteiger partial charge in [-0.2, -0.15) is 0 Å². The molecule has 2 N–H and O–H groups in total. The molecule has 1 aliphatic rings. The number of methoxy groups -OCH3 is 1. The molecule has 33 heavy (non-hydrogen) atoms. The van der Waals surface area contributed by atoms with E-state index in [4.69, 9.17) is 4.74 Å². The lowest BCUT2D eigenvalue weighted by Crippen LogP contribution is -2.55.